The fraction of sp³-hybridized carbons (Fsp3) is 0.432. The number of nitrogens with one attached hydrogen (secondary N) is 2. The summed E-state index contributed by atoms with van der Waals surface area (Å²) in [5.41, 5.74) is -0.267. The third-order valence-electron chi connectivity index (χ3n) is 7.91. The van der Waals surface area contributed by atoms with Crippen molar-refractivity contribution in [2.24, 2.45) is 5.92 Å². The average Bonchev–Trinajstić information content (AvgIpc) is 3.56. The van der Waals surface area contributed by atoms with Crippen LogP contribution in [0.4, 0.5) is 0 Å². The van der Waals surface area contributed by atoms with Gasteiger partial charge in [-0.1, -0.05) is 71.1 Å². The van der Waals surface area contributed by atoms with E-state index in [2.05, 4.69) is 15.6 Å². The van der Waals surface area contributed by atoms with Gasteiger partial charge in [-0.2, -0.15) is 0 Å². The number of aryl methyl sites for hydroxylation is 2. The Bertz CT molecular complexity index is 1700. The van der Waals surface area contributed by atoms with Crippen LogP contribution in [0.2, 0.25) is 0 Å². The van der Waals surface area contributed by atoms with E-state index in [-0.39, 0.29) is 43.3 Å². The van der Waals surface area contributed by atoms with Crippen molar-refractivity contribution in [3.63, 3.8) is 0 Å². The number of ether oxygens (including phenoxy) is 4. The smallest absolute Gasteiger partial charge is 0.308 e. The average molecular weight is 850 g/mol. The van der Waals surface area contributed by atoms with Gasteiger partial charge in [-0.25, -0.2) is 4.98 Å². The van der Waals surface area contributed by atoms with Gasteiger partial charge in [0.25, 0.3) is 5.91 Å². The number of nitrogens with zero attached hydrogens (tertiary/aromatic N) is 1. The zero-order valence-corrected chi connectivity index (χ0v) is 32.7. The van der Waals surface area contributed by atoms with E-state index in [1.807, 2.05) is 28.7 Å². The van der Waals surface area contributed by atoms with Crippen LogP contribution in [0.5, 0.6) is 5.75 Å². The summed E-state index contributed by atoms with van der Waals surface area (Å²) in [5, 5.41) is 6.15. The van der Waals surface area contributed by atoms with E-state index in [1.165, 1.54) is 45.6 Å². The van der Waals surface area contributed by atoms with Gasteiger partial charge in [0.2, 0.25) is 5.91 Å². The topological polar surface area (TPSA) is 176 Å². The maximum absolute atomic E-state index is 14.3. The first-order valence-corrected chi connectivity index (χ1v) is 18.8. The van der Waals surface area contributed by atoms with Crippen LogP contribution in [0.1, 0.15) is 52.5 Å². The Labute approximate surface area is 320 Å². The van der Waals surface area contributed by atoms with Crippen LogP contribution in [-0.4, -0.2) is 89.8 Å². The monoisotopic (exact) mass is 849 g/mol. The fourth-order valence-corrected chi connectivity index (χ4v) is 6.47. The molecular formula is C37H44IN3O10S. The van der Waals surface area contributed by atoms with Gasteiger partial charge in [-0.05, 0) is 43.9 Å². The Hall–Kier alpha value is -4.06. The largest absolute Gasteiger partial charge is 0.450 e. The first-order chi connectivity index (χ1) is 24.8. The lowest BCUT2D eigenvalue weighted by molar-refractivity contribution is -0.164. The molecule has 2 amide bonds. The first-order valence-electron chi connectivity index (χ1n) is 16.5. The fourth-order valence-electron chi connectivity index (χ4n) is 5.26. The molecule has 0 spiro atoms. The number of aromatic nitrogens is 1. The van der Waals surface area contributed by atoms with Crippen LogP contribution in [0.3, 0.4) is 0 Å². The van der Waals surface area contributed by atoms with Gasteiger partial charge in [0, 0.05) is 38.4 Å². The van der Waals surface area contributed by atoms with E-state index < -0.39 is 58.9 Å². The highest BCUT2D eigenvalue weighted by molar-refractivity contribution is 14.1. The predicted molar refractivity (Wildman–Crippen MR) is 202 cm³/mol. The number of hydrogen-bond acceptors (Lipinski definition) is 12. The number of benzene rings is 2. The highest BCUT2D eigenvalue weighted by atomic mass is 127. The molecule has 0 aliphatic carbocycles. The van der Waals surface area contributed by atoms with Gasteiger partial charge < -0.3 is 29.6 Å². The van der Waals surface area contributed by atoms with Crippen LogP contribution in [0.25, 0.3) is 0 Å². The lowest BCUT2D eigenvalue weighted by Crippen LogP contribution is -2.55. The van der Waals surface area contributed by atoms with E-state index in [1.54, 1.807) is 55.5 Å². The third kappa shape index (κ3) is 12.9. The minimum absolute atomic E-state index is 0.0786. The quantitative estimate of drug-likeness (QED) is 0.0686. The van der Waals surface area contributed by atoms with E-state index in [0.29, 0.717) is 21.2 Å². The molecule has 0 unspecified atom stereocenters. The van der Waals surface area contributed by atoms with Crippen molar-refractivity contribution >= 4 is 69.2 Å². The lowest BCUT2D eigenvalue weighted by Gasteiger charge is -2.31. The number of Topliss-reactive ketones (excluding diaryl/α,β-unsaturated/α-hetero) is 2. The molecule has 0 saturated carbocycles. The molecule has 2 aromatic carbocycles. The van der Waals surface area contributed by atoms with Crippen molar-refractivity contribution in [2.45, 2.75) is 64.1 Å². The highest BCUT2D eigenvalue weighted by Gasteiger charge is 2.42. The van der Waals surface area contributed by atoms with Crippen LogP contribution in [-0.2, 0) is 51.0 Å². The Morgan fingerprint density at radius 2 is 1.60 bits per heavy atom. The summed E-state index contributed by atoms with van der Waals surface area (Å²) in [4.78, 5) is 83.5. The van der Waals surface area contributed by atoms with Gasteiger partial charge in [0.05, 0.1) is 36.4 Å². The van der Waals surface area contributed by atoms with Gasteiger partial charge >= 0.3 is 11.9 Å². The normalized spacial score (nSPS) is 13.9. The molecule has 1 heterocycles. The van der Waals surface area contributed by atoms with Crippen LogP contribution >= 0.6 is 33.9 Å². The summed E-state index contributed by atoms with van der Waals surface area (Å²) in [5.74, 6) is -3.99. The summed E-state index contributed by atoms with van der Waals surface area (Å²) < 4.78 is 21.6. The zero-order valence-electron chi connectivity index (χ0n) is 29.8. The van der Waals surface area contributed by atoms with Crippen molar-refractivity contribution < 1.29 is 47.7 Å². The number of halogens is 1. The second-order valence-electron chi connectivity index (χ2n) is 12.2. The molecule has 13 nitrogen and oxygen atoms in total. The second-order valence-corrected chi connectivity index (χ2v) is 14.2. The molecule has 0 radical (unpaired) electrons. The van der Waals surface area contributed by atoms with Crippen molar-refractivity contribution in [3.05, 3.63) is 81.8 Å². The molecule has 0 saturated heterocycles. The Kier molecular flexibility index (Phi) is 17.0. The van der Waals surface area contributed by atoms with E-state index >= 15 is 0 Å². The van der Waals surface area contributed by atoms with E-state index in [4.69, 9.17) is 18.9 Å². The number of para-hydroxylation sites is 1. The molecule has 4 atom stereocenters. The van der Waals surface area contributed by atoms with Crippen molar-refractivity contribution in [2.75, 3.05) is 31.9 Å². The SMILES string of the molecule is COC[C@H](CC(=O)[C@H](COC)NC(=O)c1cnc(C)s1)C(=O)N[C@@H](Cc1ccccc1)C(=O)[C@@](C)(CI)OC(=O)CCc1ccccc1OC(C)=O. The van der Waals surface area contributed by atoms with Gasteiger partial charge in [-0.15, -0.1) is 11.3 Å². The summed E-state index contributed by atoms with van der Waals surface area (Å²) >= 11 is 3.14. The number of thiazole rings is 1. The molecule has 0 aliphatic heterocycles. The number of carbonyl (C=O) groups is 6. The molecule has 0 fully saturated rings. The van der Waals surface area contributed by atoms with E-state index in [0.717, 1.165) is 5.56 Å². The Morgan fingerprint density at radius 3 is 2.21 bits per heavy atom. The summed E-state index contributed by atoms with van der Waals surface area (Å²) in [7, 11) is 2.77. The summed E-state index contributed by atoms with van der Waals surface area (Å²) in [6, 6.07) is 13.6. The number of rotatable bonds is 21. The Balaban J connectivity index is 1.78. The van der Waals surface area contributed by atoms with Crippen molar-refractivity contribution in [1.82, 2.24) is 15.6 Å². The number of esters is 2. The molecule has 52 heavy (non-hydrogen) atoms. The minimum Gasteiger partial charge on any atom is -0.450 e. The number of amides is 2. The molecule has 1 aromatic heterocycles. The number of ketones is 2. The zero-order chi connectivity index (χ0) is 38.3. The maximum Gasteiger partial charge on any atom is 0.308 e. The summed E-state index contributed by atoms with van der Waals surface area (Å²) in [6.07, 6.45) is 1.26. The lowest BCUT2D eigenvalue weighted by atomic mass is 9.91. The van der Waals surface area contributed by atoms with Crippen LogP contribution in [0.15, 0.2) is 60.8 Å². The van der Waals surface area contributed by atoms with Crippen molar-refractivity contribution in [3.8, 4) is 5.75 Å². The number of methoxy groups -OCH3 is 2. The molecule has 3 rings (SSSR count). The van der Waals surface area contributed by atoms with Crippen molar-refractivity contribution in [1.29, 1.82) is 0 Å². The minimum atomic E-state index is -1.63. The molecule has 0 aliphatic rings. The van der Waals surface area contributed by atoms with Gasteiger partial charge in [0.1, 0.15) is 16.7 Å². The first kappa shape index (κ1) is 42.4. The maximum atomic E-state index is 14.3. The Morgan fingerprint density at radius 1 is 0.923 bits per heavy atom. The summed E-state index contributed by atoms with van der Waals surface area (Å²) in [6.45, 7) is 4.25. The third-order valence-corrected chi connectivity index (χ3v) is 10.3. The van der Waals surface area contributed by atoms with E-state index in [9.17, 15) is 28.8 Å². The molecular weight excluding hydrogens is 805 g/mol. The second kappa shape index (κ2) is 20.8. The predicted octanol–water partition coefficient (Wildman–Crippen LogP) is 4.01. The van der Waals surface area contributed by atoms with Crippen LogP contribution < -0.4 is 15.4 Å². The number of carbonyl (C=O) groups excluding carboxylic acids is 6. The van der Waals surface area contributed by atoms with Gasteiger partial charge in [0.15, 0.2) is 17.2 Å². The van der Waals surface area contributed by atoms with Crippen LogP contribution in [0, 0.1) is 12.8 Å². The molecule has 2 N–H and O–H groups in total. The molecule has 0 bridgehead atoms. The van der Waals surface area contributed by atoms with Gasteiger partial charge in [-0.3, -0.25) is 28.8 Å². The highest BCUT2D eigenvalue weighted by Crippen LogP contribution is 2.24. The molecule has 280 valence electrons. The molecule has 3 aromatic rings. The molecule has 15 heteroatoms. The standard InChI is InChI=1S/C37H44IN3O10S/c1-23-39-19-32(52-23)36(47)41-29(21-49-5)30(43)18-27(20-48-4)35(46)40-28(17-25-11-7-6-8-12-25)34(45)37(3,22-38)51-33(44)16-15-26-13-9-10-14-31(26)50-24(2)42/h6-14,19,27-29H,15-18,20-22H2,1-5H3,(H,40,46)(H,41,47)/t27-,28-,29-,37+/m0/s1. The number of hydrogen-bond donors (Lipinski definition) is 2. The number of alkyl halides is 1.